The van der Waals surface area contributed by atoms with Crippen LogP contribution < -0.4 is 9.64 Å². The van der Waals surface area contributed by atoms with Crippen LogP contribution in [-0.4, -0.2) is 70.4 Å². The number of piperidine rings is 1. The summed E-state index contributed by atoms with van der Waals surface area (Å²) in [7, 11) is 0. The molecule has 0 radical (unpaired) electrons. The number of hydrogen-bond donors (Lipinski definition) is 1. The highest BCUT2D eigenvalue weighted by Crippen LogP contribution is 2.50. The lowest BCUT2D eigenvalue weighted by atomic mass is 9.92. The largest absolute Gasteiger partial charge is 0.508 e. The molecule has 1 saturated carbocycles. The van der Waals surface area contributed by atoms with Crippen LogP contribution in [0.15, 0.2) is 42.5 Å². The van der Waals surface area contributed by atoms with Crippen molar-refractivity contribution in [3.05, 3.63) is 53.8 Å². The zero-order chi connectivity index (χ0) is 31.1. The van der Waals surface area contributed by atoms with Gasteiger partial charge < -0.3 is 14.7 Å². The highest BCUT2D eigenvalue weighted by molar-refractivity contribution is 6.04. The fraction of sp³-hybridized carbons (Fsp3) is 0.429. The monoisotopic (exact) mass is 616 g/mol. The van der Waals surface area contributed by atoms with Gasteiger partial charge in [0.05, 0.1) is 5.54 Å². The molecule has 2 bridgehead atoms. The summed E-state index contributed by atoms with van der Waals surface area (Å²) in [6.45, 7) is 1.46. The van der Waals surface area contributed by atoms with Gasteiger partial charge in [-0.25, -0.2) is 17.6 Å². The van der Waals surface area contributed by atoms with Crippen LogP contribution >= 0.6 is 0 Å². The van der Waals surface area contributed by atoms with Crippen LogP contribution in [0.4, 0.5) is 23.4 Å². The number of rotatable bonds is 5. The number of alkyl halides is 3. The minimum atomic E-state index is -2.75. The number of anilines is 1. The smallest absolute Gasteiger partial charge is 0.319 e. The molecule has 8 rings (SSSR count). The molecule has 4 atom stereocenters. The lowest BCUT2D eigenvalue weighted by Crippen LogP contribution is -2.49. The van der Waals surface area contributed by atoms with E-state index in [2.05, 4.69) is 15.8 Å². The van der Waals surface area contributed by atoms with E-state index in [9.17, 15) is 18.3 Å². The van der Waals surface area contributed by atoms with Gasteiger partial charge in [0.15, 0.2) is 5.82 Å². The molecule has 45 heavy (non-hydrogen) atoms. The molecule has 3 saturated heterocycles. The van der Waals surface area contributed by atoms with Crippen molar-refractivity contribution in [3.63, 3.8) is 0 Å². The molecular weight excluding hydrogens is 584 g/mol. The van der Waals surface area contributed by atoms with Crippen molar-refractivity contribution in [1.82, 2.24) is 14.9 Å². The highest BCUT2D eigenvalue weighted by atomic mass is 19.3. The number of hydrogen-bond acceptors (Lipinski definition) is 6. The first-order chi connectivity index (χ1) is 21.7. The molecule has 2 unspecified atom stereocenters. The Morgan fingerprint density at radius 3 is 2.62 bits per heavy atom. The number of halogens is 4. The maximum atomic E-state index is 16.8. The maximum Gasteiger partial charge on any atom is 0.319 e. The molecule has 6 nitrogen and oxygen atoms in total. The SMILES string of the molecule is C#Cc1cccc2cc(O)cc(-c3ccc4c(N5CC6CCC(C5)C6(F)F)nc(OC[C@@]56CCCN5C[C@H](F)C6)nc4c3F)c12. The standard InChI is InChI=1S/C35H32F4N4O2/c1-2-20-5-3-6-21-13-25(44)14-28(29(20)21)26-9-10-27-31(30(26)37)40-33(45-19-34-11-4-12-43(34)18-24(36)15-34)41-32(27)42-16-22-7-8-23(17-42)35(22,38)39/h1,3,5-6,9-10,13-14,22-24,44H,4,7-8,11-12,15-19H2/t22?,23?,24-,34+/m1/s1. The van der Waals surface area contributed by atoms with Crippen molar-refractivity contribution < 1.29 is 27.4 Å². The third-order valence-electron chi connectivity index (χ3n) is 10.5. The van der Waals surface area contributed by atoms with Crippen molar-refractivity contribution in [3.8, 4) is 35.2 Å². The predicted octanol–water partition coefficient (Wildman–Crippen LogP) is 6.71. The number of ether oxygens (including phenoxy) is 1. The van der Waals surface area contributed by atoms with Crippen molar-refractivity contribution >= 4 is 27.5 Å². The van der Waals surface area contributed by atoms with Crippen LogP contribution in [0.2, 0.25) is 0 Å². The Morgan fingerprint density at radius 2 is 1.84 bits per heavy atom. The molecule has 10 heteroatoms. The Kier molecular flexibility index (Phi) is 6.44. The fourth-order valence-electron chi connectivity index (χ4n) is 8.36. The number of phenols is 1. The molecular formula is C35H32F4N4O2. The molecule has 3 aromatic carbocycles. The average molecular weight is 617 g/mol. The summed E-state index contributed by atoms with van der Waals surface area (Å²) in [5, 5.41) is 12.2. The predicted molar refractivity (Wildman–Crippen MR) is 164 cm³/mol. The van der Waals surface area contributed by atoms with Gasteiger partial charge in [-0.1, -0.05) is 24.1 Å². The van der Waals surface area contributed by atoms with Gasteiger partial charge in [0.2, 0.25) is 0 Å². The molecule has 3 aliphatic heterocycles. The van der Waals surface area contributed by atoms with Crippen molar-refractivity contribution in [1.29, 1.82) is 0 Å². The molecule has 1 N–H and O–H groups in total. The third kappa shape index (κ3) is 4.42. The first-order valence-electron chi connectivity index (χ1n) is 15.5. The van der Waals surface area contributed by atoms with E-state index in [4.69, 9.17) is 16.1 Å². The summed E-state index contributed by atoms with van der Waals surface area (Å²) in [5.74, 6) is -2.11. The van der Waals surface area contributed by atoms with E-state index < -0.39 is 35.3 Å². The minimum absolute atomic E-state index is 0.0255. The van der Waals surface area contributed by atoms with E-state index in [1.165, 1.54) is 6.07 Å². The van der Waals surface area contributed by atoms with Crippen molar-refractivity contribution in [2.24, 2.45) is 11.8 Å². The Labute approximate surface area is 258 Å². The van der Waals surface area contributed by atoms with Gasteiger partial charge in [-0.2, -0.15) is 9.97 Å². The number of aromatic hydroxyl groups is 1. The molecule has 232 valence electrons. The van der Waals surface area contributed by atoms with Gasteiger partial charge in [-0.05, 0) is 67.4 Å². The van der Waals surface area contributed by atoms with Gasteiger partial charge in [0.25, 0.3) is 5.92 Å². The summed E-state index contributed by atoms with van der Waals surface area (Å²) in [5.41, 5.74) is 0.612. The number of terminal acetylenes is 1. The number of phenolic OH excluding ortho intramolecular Hbond substituents is 1. The van der Waals surface area contributed by atoms with Crippen LogP contribution in [0.25, 0.3) is 32.8 Å². The second kappa shape index (κ2) is 10.2. The first-order valence-corrected chi connectivity index (χ1v) is 15.5. The molecule has 4 heterocycles. The minimum Gasteiger partial charge on any atom is -0.508 e. The molecule has 0 amide bonds. The normalized spacial score (nSPS) is 27.3. The summed E-state index contributed by atoms with van der Waals surface area (Å²) < 4.78 is 67.2. The summed E-state index contributed by atoms with van der Waals surface area (Å²) in [6, 6.07) is 11.6. The van der Waals surface area contributed by atoms with E-state index in [0.717, 1.165) is 19.4 Å². The fourth-order valence-corrected chi connectivity index (χ4v) is 8.36. The van der Waals surface area contributed by atoms with Gasteiger partial charge >= 0.3 is 6.01 Å². The van der Waals surface area contributed by atoms with E-state index in [0.29, 0.717) is 58.9 Å². The second-order valence-corrected chi connectivity index (χ2v) is 13.1. The number of aromatic nitrogens is 2. The van der Waals surface area contributed by atoms with Gasteiger partial charge in [0, 0.05) is 59.8 Å². The first kappa shape index (κ1) is 28.4. The number of nitrogens with zero attached hydrogens (tertiary/aromatic N) is 4. The third-order valence-corrected chi connectivity index (χ3v) is 10.5. The second-order valence-electron chi connectivity index (χ2n) is 13.1. The summed E-state index contributed by atoms with van der Waals surface area (Å²) in [4.78, 5) is 13.2. The van der Waals surface area contributed by atoms with Crippen LogP contribution in [-0.2, 0) is 0 Å². The molecule has 4 aromatic rings. The van der Waals surface area contributed by atoms with E-state index in [1.54, 1.807) is 36.4 Å². The zero-order valence-corrected chi connectivity index (χ0v) is 24.6. The molecule has 1 aromatic heterocycles. The highest BCUT2D eigenvalue weighted by Gasteiger charge is 2.56. The van der Waals surface area contributed by atoms with Gasteiger partial charge in [-0.15, -0.1) is 6.42 Å². The molecule has 0 spiro atoms. The lowest BCUT2D eigenvalue weighted by Gasteiger charge is -2.38. The average Bonchev–Trinajstić information content (AvgIpc) is 3.55. The van der Waals surface area contributed by atoms with Crippen LogP contribution in [0.5, 0.6) is 11.8 Å². The maximum absolute atomic E-state index is 16.8. The van der Waals surface area contributed by atoms with Crippen molar-refractivity contribution in [2.75, 3.05) is 37.7 Å². The molecule has 4 fully saturated rings. The molecule has 4 aliphatic rings. The Morgan fingerprint density at radius 1 is 1.04 bits per heavy atom. The van der Waals surface area contributed by atoms with Crippen molar-refractivity contribution in [2.45, 2.75) is 49.7 Å². The van der Waals surface area contributed by atoms with E-state index in [1.807, 2.05) is 4.90 Å². The summed E-state index contributed by atoms with van der Waals surface area (Å²) in [6.07, 6.45) is 7.75. The van der Waals surface area contributed by atoms with E-state index in [-0.39, 0.29) is 42.5 Å². The zero-order valence-electron chi connectivity index (χ0n) is 24.6. The quantitative estimate of drug-likeness (QED) is 0.199. The Bertz CT molecular complexity index is 1880. The molecule has 1 aliphatic carbocycles. The number of benzene rings is 3. The lowest BCUT2D eigenvalue weighted by molar-refractivity contribution is -0.0830. The topological polar surface area (TPSA) is 61.7 Å². The van der Waals surface area contributed by atoms with Gasteiger partial charge in [0.1, 0.15) is 29.9 Å². The van der Waals surface area contributed by atoms with Gasteiger partial charge in [-0.3, -0.25) is 4.90 Å². The Balaban J connectivity index is 1.27. The van der Waals surface area contributed by atoms with E-state index >= 15 is 4.39 Å². The Hall–Kier alpha value is -4.10. The van der Waals surface area contributed by atoms with Crippen LogP contribution in [0.3, 0.4) is 0 Å². The number of fused-ring (bicyclic) bond motifs is 5. The van der Waals surface area contributed by atoms with Crippen LogP contribution in [0.1, 0.15) is 37.7 Å². The summed E-state index contributed by atoms with van der Waals surface area (Å²) >= 11 is 0. The van der Waals surface area contributed by atoms with Crippen LogP contribution in [0, 0.1) is 30.0 Å².